The highest BCUT2D eigenvalue weighted by molar-refractivity contribution is 8.27. The molecule has 0 aliphatic heterocycles. The average Bonchev–Trinajstić information content (AvgIpc) is 2.19. The van der Waals surface area contributed by atoms with Crippen LogP contribution in [0.5, 0.6) is 0 Å². The van der Waals surface area contributed by atoms with Gasteiger partial charge in [-0.25, -0.2) is 0 Å². The van der Waals surface area contributed by atoms with Crippen molar-refractivity contribution in [3.63, 3.8) is 0 Å². The topological polar surface area (TPSA) is 51.2 Å². The van der Waals surface area contributed by atoms with Gasteiger partial charge in [-0.3, -0.25) is 14.5 Å². The van der Waals surface area contributed by atoms with Gasteiger partial charge in [-0.1, -0.05) is 10.5 Å². The van der Waals surface area contributed by atoms with Gasteiger partial charge in [0.1, 0.15) is 0 Å². The quantitative estimate of drug-likeness (QED) is 0.826. The van der Waals surface area contributed by atoms with E-state index in [2.05, 4.69) is 9.71 Å². The number of nitrogens with zero attached hydrogens (tertiary/aromatic N) is 1. The Bertz CT molecular complexity index is 314. The minimum absolute atomic E-state index is 0.153. The summed E-state index contributed by atoms with van der Waals surface area (Å²) >= 11 is 0. The molecule has 78 valence electrons. The zero-order valence-electron chi connectivity index (χ0n) is 8.48. The third kappa shape index (κ3) is 3.01. The highest BCUT2D eigenvalue weighted by Gasteiger charge is 2.14. The van der Waals surface area contributed by atoms with E-state index in [1.165, 1.54) is 6.20 Å². The molecule has 1 N–H and O–H groups in total. The van der Waals surface area contributed by atoms with Crippen LogP contribution in [-0.2, 0) is 4.18 Å². The van der Waals surface area contributed by atoms with Crippen LogP contribution in [0, 0.1) is 0 Å². The summed E-state index contributed by atoms with van der Waals surface area (Å²) in [6.45, 7) is 0. The highest BCUT2D eigenvalue weighted by atomic mass is 32.3. The Morgan fingerprint density at radius 3 is 2.79 bits per heavy atom. The predicted molar refractivity (Wildman–Crippen MR) is 58.2 cm³/mol. The van der Waals surface area contributed by atoms with E-state index in [9.17, 15) is 4.79 Å². The van der Waals surface area contributed by atoms with Gasteiger partial charge in [0.15, 0.2) is 0 Å². The molecule has 0 saturated carbocycles. The van der Waals surface area contributed by atoms with Gasteiger partial charge in [0.2, 0.25) is 0 Å². The van der Waals surface area contributed by atoms with Crippen molar-refractivity contribution >= 4 is 16.4 Å². The number of nitrogens with one attached hydrogen (secondary N) is 1. The zero-order chi connectivity index (χ0) is 10.6. The van der Waals surface area contributed by atoms with Crippen LogP contribution in [0.1, 0.15) is 10.4 Å². The van der Waals surface area contributed by atoms with E-state index < -0.39 is 10.5 Å². The Balaban J connectivity index is 2.69. The first-order valence-corrected chi connectivity index (χ1v) is 6.43. The normalized spacial score (nSPS) is 12.2. The molecule has 0 bridgehead atoms. The molecule has 0 aliphatic rings. The second kappa shape index (κ2) is 4.43. The summed E-state index contributed by atoms with van der Waals surface area (Å²) < 4.78 is 7.97. The van der Waals surface area contributed by atoms with Crippen molar-refractivity contribution < 1.29 is 8.98 Å². The standard InChI is InChI=1S/C9H14N2O2S/c1-13-14(2,3)11-9(12)8-5-4-6-10-7-8/h4-7H,1-3H3,(H,11,12). The third-order valence-electron chi connectivity index (χ3n) is 1.68. The lowest BCUT2D eigenvalue weighted by Crippen LogP contribution is -2.27. The molecule has 0 unspecified atom stereocenters. The van der Waals surface area contributed by atoms with Gasteiger partial charge in [-0.15, -0.1) is 0 Å². The molecule has 0 radical (unpaired) electrons. The molecule has 0 spiro atoms. The SMILES string of the molecule is COS(C)(C)NC(=O)c1cccnc1. The summed E-state index contributed by atoms with van der Waals surface area (Å²) in [5, 5.41) is 0. The fourth-order valence-electron chi connectivity index (χ4n) is 0.821. The molecule has 0 saturated heterocycles. The van der Waals surface area contributed by atoms with Crippen LogP contribution in [-0.4, -0.2) is 30.5 Å². The van der Waals surface area contributed by atoms with E-state index in [1.54, 1.807) is 25.4 Å². The number of hydrogen-bond donors (Lipinski definition) is 1. The van der Waals surface area contributed by atoms with Crippen LogP contribution in [0.2, 0.25) is 0 Å². The number of rotatable bonds is 3. The first-order valence-electron chi connectivity index (χ1n) is 4.06. The monoisotopic (exact) mass is 214 g/mol. The third-order valence-corrected chi connectivity index (χ3v) is 3.19. The first kappa shape index (κ1) is 11.0. The number of hydrogen-bond acceptors (Lipinski definition) is 3. The summed E-state index contributed by atoms with van der Waals surface area (Å²) in [5.74, 6) is -0.153. The summed E-state index contributed by atoms with van der Waals surface area (Å²) in [6.07, 6.45) is 6.88. The summed E-state index contributed by atoms with van der Waals surface area (Å²) in [4.78, 5) is 15.5. The summed E-state index contributed by atoms with van der Waals surface area (Å²) in [7, 11) is 0.0880. The Kier molecular flexibility index (Phi) is 3.49. The minimum Gasteiger partial charge on any atom is -0.323 e. The van der Waals surface area contributed by atoms with E-state index in [0.717, 1.165) is 0 Å². The fraction of sp³-hybridized carbons (Fsp3) is 0.333. The lowest BCUT2D eigenvalue weighted by Gasteiger charge is -2.29. The minimum atomic E-state index is -1.49. The zero-order valence-corrected chi connectivity index (χ0v) is 9.30. The molecule has 0 aliphatic carbocycles. The van der Waals surface area contributed by atoms with Crippen molar-refractivity contribution in [3.05, 3.63) is 30.1 Å². The molecule has 1 rings (SSSR count). The number of carbonyl (C=O) groups excluding carboxylic acids is 1. The smallest absolute Gasteiger partial charge is 0.262 e. The fourth-order valence-corrected chi connectivity index (χ4v) is 1.47. The molecule has 1 heterocycles. The Morgan fingerprint density at radius 2 is 2.29 bits per heavy atom. The summed E-state index contributed by atoms with van der Waals surface area (Å²) in [5.41, 5.74) is 0.546. The molecular formula is C9H14N2O2S. The van der Waals surface area contributed by atoms with Gasteiger partial charge < -0.3 is 4.18 Å². The average molecular weight is 214 g/mol. The predicted octanol–water partition coefficient (Wildman–Crippen LogP) is 1.35. The van der Waals surface area contributed by atoms with Gasteiger partial charge in [-0.05, 0) is 12.1 Å². The van der Waals surface area contributed by atoms with Crippen LogP contribution in [0.15, 0.2) is 24.5 Å². The van der Waals surface area contributed by atoms with Gasteiger partial charge in [-0.2, -0.15) is 0 Å². The number of carbonyl (C=O) groups is 1. The molecule has 4 nitrogen and oxygen atoms in total. The Morgan fingerprint density at radius 1 is 1.57 bits per heavy atom. The van der Waals surface area contributed by atoms with Crippen LogP contribution in [0.25, 0.3) is 0 Å². The Hall–Kier alpha value is -1.07. The van der Waals surface area contributed by atoms with Crippen LogP contribution >= 0.6 is 10.5 Å². The lowest BCUT2D eigenvalue weighted by molar-refractivity contribution is 0.0980. The van der Waals surface area contributed by atoms with Crippen molar-refractivity contribution in [1.29, 1.82) is 0 Å². The van der Waals surface area contributed by atoms with Gasteiger partial charge in [0.25, 0.3) is 5.91 Å². The number of amides is 1. The van der Waals surface area contributed by atoms with E-state index >= 15 is 0 Å². The maximum atomic E-state index is 11.6. The van der Waals surface area contributed by atoms with Crippen molar-refractivity contribution in [3.8, 4) is 0 Å². The molecule has 5 heteroatoms. The Labute approximate surface area is 85.3 Å². The van der Waals surface area contributed by atoms with Crippen molar-refractivity contribution in [2.75, 3.05) is 19.6 Å². The molecule has 0 aromatic carbocycles. The first-order chi connectivity index (χ1) is 6.55. The molecule has 1 aromatic heterocycles. The second-order valence-electron chi connectivity index (χ2n) is 3.07. The van der Waals surface area contributed by atoms with Crippen LogP contribution in [0.3, 0.4) is 0 Å². The molecule has 0 fully saturated rings. The lowest BCUT2D eigenvalue weighted by atomic mass is 10.3. The summed E-state index contributed by atoms with van der Waals surface area (Å²) in [6, 6.07) is 3.44. The van der Waals surface area contributed by atoms with Crippen LogP contribution in [0.4, 0.5) is 0 Å². The molecule has 1 amide bonds. The highest BCUT2D eigenvalue weighted by Crippen LogP contribution is 2.34. The van der Waals surface area contributed by atoms with Crippen molar-refractivity contribution in [1.82, 2.24) is 9.71 Å². The van der Waals surface area contributed by atoms with E-state index in [1.807, 2.05) is 12.5 Å². The number of pyridine rings is 1. The second-order valence-corrected chi connectivity index (χ2v) is 6.08. The molecule has 1 aromatic rings. The van der Waals surface area contributed by atoms with E-state index in [0.29, 0.717) is 5.56 Å². The van der Waals surface area contributed by atoms with E-state index in [-0.39, 0.29) is 5.91 Å². The van der Waals surface area contributed by atoms with Crippen molar-refractivity contribution in [2.24, 2.45) is 0 Å². The maximum Gasteiger partial charge on any atom is 0.262 e. The molecular weight excluding hydrogens is 200 g/mol. The van der Waals surface area contributed by atoms with Crippen LogP contribution < -0.4 is 4.72 Å². The molecule has 0 atom stereocenters. The number of aromatic nitrogens is 1. The van der Waals surface area contributed by atoms with E-state index in [4.69, 9.17) is 4.18 Å². The largest absolute Gasteiger partial charge is 0.323 e. The maximum absolute atomic E-state index is 11.6. The van der Waals surface area contributed by atoms with Gasteiger partial charge >= 0.3 is 0 Å². The van der Waals surface area contributed by atoms with Crippen molar-refractivity contribution in [2.45, 2.75) is 0 Å². The molecule has 14 heavy (non-hydrogen) atoms. The van der Waals surface area contributed by atoms with Gasteiger partial charge in [0.05, 0.1) is 12.7 Å². The van der Waals surface area contributed by atoms with Gasteiger partial charge in [0, 0.05) is 24.9 Å².